The highest BCUT2D eigenvalue weighted by molar-refractivity contribution is 6.99. The predicted octanol–water partition coefficient (Wildman–Crippen LogP) is 19.5. The maximum atomic E-state index is 9.77. The van der Waals surface area contributed by atoms with Crippen molar-refractivity contribution in [1.29, 1.82) is 0 Å². The van der Waals surface area contributed by atoms with Crippen LogP contribution in [0.25, 0.3) is 83.1 Å². The van der Waals surface area contributed by atoms with Gasteiger partial charge in [-0.15, -0.1) is 0 Å². The fraction of sp³-hybridized carbons (Fsp3) is 0.0602. The molecule has 14 aromatic rings. The lowest BCUT2D eigenvalue weighted by atomic mass is 9.34. The van der Waals surface area contributed by atoms with E-state index < -0.39 is 48.4 Å². The minimum atomic E-state index is -0.742. The van der Waals surface area contributed by atoms with Crippen molar-refractivity contribution in [3.63, 3.8) is 0 Å². The molecule has 2 aliphatic heterocycles. The van der Waals surface area contributed by atoms with Gasteiger partial charge in [-0.2, -0.15) is 0 Å². The van der Waals surface area contributed by atoms with E-state index in [0.29, 0.717) is 22.9 Å². The van der Waals surface area contributed by atoms with Crippen LogP contribution in [-0.4, -0.2) is 11.3 Å². The highest BCUT2D eigenvalue weighted by Gasteiger charge is 2.49. The number of nitrogens with zero attached hydrogens (tertiary/aromatic N) is 2. The van der Waals surface area contributed by atoms with Gasteiger partial charge in [0.2, 0.25) is 0 Å². The van der Waals surface area contributed by atoms with Crippen LogP contribution in [0.1, 0.15) is 59.6 Å². The first-order valence-corrected chi connectivity index (χ1v) is 29.8. The van der Waals surface area contributed by atoms with Crippen LogP contribution in [0.4, 0.5) is 17.1 Å². The van der Waals surface area contributed by atoms with Gasteiger partial charge in [0.15, 0.2) is 0 Å². The van der Waals surface area contributed by atoms with E-state index in [1.54, 1.807) is 4.57 Å². The van der Waals surface area contributed by atoms with Gasteiger partial charge in [-0.3, -0.25) is 0 Å². The number of rotatable bonds is 8. The Hall–Kier alpha value is -10.7. The highest BCUT2D eigenvalue weighted by Crippen LogP contribution is 2.59. The number of hydrogen-bond acceptors (Lipinski definition) is 2. The molecule has 0 amide bonds. The number of fused-ring (bicyclic) bond motifs is 10. The van der Waals surface area contributed by atoms with Crippen LogP contribution >= 0.6 is 0 Å². The number of aromatic nitrogens is 1. The summed E-state index contributed by atoms with van der Waals surface area (Å²) in [7, 11) is 0. The summed E-state index contributed by atoms with van der Waals surface area (Å²) in [5, 5.41) is -0.0224. The molecule has 0 saturated carbocycles. The van der Waals surface area contributed by atoms with E-state index in [4.69, 9.17) is 7.48 Å². The first kappa shape index (κ1) is 43.0. The van der Waals surface area contributed by atoms with Crippen molar-refractivity contribution in [3.8, 4) is 72.8 Å². The number of ether oxygens (including phenoxy) is 1. The normalized spacial score (nSPS) is 14.7. The molecule has 1 aliphatic carbocycles. The molecule has 0 spiro atoms. The van der Waals surface area contributed by atoms with Crippen LogP contribution in [0.15, 0.2) is 303 Å². The molecular formula is C83H59BN2O. The number of anilines is 3. The highest BCUT2D eigenvalue weighted by atomic mass is 16.5. The summed E-state index contributed by atoms with van der Waals surface area (Å²) in [5.41, 5.74) is 20.7. The molecule has 0 bridgehead atoms. The van der Waals surface area contributed by atoms with Crippen molar-refractivity contribution in [1.82, 2.24) is 4.57 Å². The molecule has 0 saturated heterocycles. The fourth-order valence-corrected chi connectivity index (χ4v) is 14.5. The molecule has 3 nitrogen and oxygen atoms in total. The molecule has 0 N–H and O–H groups in total. The number of para-hydroxylation sites is 3. The molecule has 410 valence electrons. The largest absolute Gasteiger partial charge is 0.458 e. The van der Waals surface area contributed by atoms with Crippen LogP contribution in [0.3, 0.4) is 0 Å². The lowest BCUT2D eigenvalue weighted by Gasteiger charge is -2.42. The van der Waals surface area contributed by atoms with Crippen molar-refractivity contribution < 1.29 is 15.7 Å². The summed E-state index contributed by atoms with van der Waals surface area (Å²) in [5.74, 6) is 1.10. The Labute approximate surface area is 520 Å². The fourth-order valence-electron chi connectivity index (χ4n) is 14.5. The van der Waals surface area contributed by atoms with Crippen molar-refractivity contribution >= 4 is 62.0 Å². The van der Waals surface area contributed by atoms with E-state index in [-0.39, 0.29) is 39.3 Å². The van der Waals surface area contributed by atoms with Crippen LogP contribution in [0.2, 0.25) is 0 Å². The second kappa shape index (κ2) is 19.7. The minimum absolute atomic E-state index is 0.0112. The topological polar surface area (TPSA) is 17.4 Å². The Bertz CT molecular complexity index is 5380. The van der Waals surface area contributed by atoms with Gasteiger partial charge in [0, 0.05) is 39.3 Å². The molecule has 0 atom stereocenters. The standard InChI is InChI=1S/C83H59BN2O/c1-82(2,3)61-34-22-29-56(49-61)57-45-48-72-77(51-57)87-78-53-62(85-73-43-20-17-36-67(73)68-37-18-21-44-74(68)85)52-76-80(78)84(72)71-47-46-58(50-75(71)86(76)81-64(54-25-8-4-9-26-54)39-24-40-65(81)55-27-10-5-11-28-55)63-38-23-41-69-66-35-16-19-42-70(66)83(79(63)69,59-30-12-6-13-31-59)60-32-14-7-15-33-60/h4-53H,1-3H3/i17D,18D,20D,21D,36D,37D,43D,44D. The summed E-state index contributed by atoms with van der Waals surface area (Å²) < 4.78 is 84.1. The quantitative estimate of drug-likeness (QED) is 0.141. The molecule has 1 aromatic heterocycles. The van der Waals surface area contributed by atoms with E-state index >= 15 is 0 Å². The van der Waals surface area contributed by atoms with Crippen molar-refractivity contribution in [2.75, 3.05) is 4.90 Å². The number of benzene rings is 13. The zero-order valence-corrected chi connectivity index (χ0v) is 48.1. The van der Waals surface area contributed by atoms with Crippen LogP contribution in [-0.2, 0) is 10.8 Å². The summed E-state index contributed by atoms with van der Waals surface area (Å²) >= 11 is 0. The number of hydrogen-bond donors (Lipinski definition) is 0. The molecule has 0 radical (unpaired) electrons. The first-order valence-electron chi connectivity index (χ1n) is 33.8. The van der Waals surface area contributed by atoms with Gasteiger partial charge < -0.3 is 14.2 Å². The molecule has 13 aromatic carbocycles. The SMILES string of the molecule is [2H]c1c([2H])c([2H])c2c(c1[2H])c1c([2H])c([2H])c([2H])c([2H])c1n2-c1cc2c3c(c1)N(c1c(-c4ccccc4)cccc1-c1ccccc1)c1cc(-c4cccc5c4C(c4ccccc4)(c4ccccc4)c4ccccc4-5)ccc1B3c1ccc(-c3cccc(C(C)(C)C)c3)cc1O2. The molecule has 87 heavy (non-hydrogen) atoms. The van der Waals surface area contributed by atoms with Gasteiger partial charge in [0.25, 0.3) is 6.71 Å². The second-order valence-electron chi connectivity index (χ2n) is 24.1. The third-order valence-electron chi connectivity index (χ3n) is 18.3. The Balaban J connectivity index is 1.03. The Morgan fingerprint density at radius 2 is 0.943 bits per heavy atom. The van der Waals surface area contributed by atoms with E-state index in [1.165, 1.54) is 16.7 Å². The predicted molar refractivity (Wildman–Crippen MR) is 364 cm³/mol. The lowest BCUT2D eigenvalue weighted by Crippen LogP contribution is -2.59. The monoisotopic (exact) mass is 1120 g/mol. The maximum Gasteiger partial charge on any atom is 0.256 e. The molecule has 17 rings (SSSR count). The van der Waals surface area contributed by atoms with Gasteiger partial charge in [0.05, 0.1) is 38.8 Å². The van der Waals surface area contributed by atoms with Crippen LogP contribution < -0.4 is 26.0 Å². The van der Waals surface area contributed by atoms with E-state index in [1.807, 2.05) is 24.3 Å². The van der Waals surface area contributed by atoms with Gasteiger partial charge in [-0.25, -0.2) is 0 Å². The van der Waals surface area contributed by atoms with E-state index in [0.717, 1.165) is 94.5 Å². The Kier molecular flexibility index (Phi) is 9.74. The van der Waals surface area contributed by atoms with E-state index in [9.17, 15) is 8.22 Å². The molecule has 4 heteroatoms. The summed E-state index contributed by atoms with van der Waals surface area (Å²) in [6.45, 7) is 6.18. The molecule has 0 unspecified atom stereocenters. The summed E-state index contributed by atoms with van der Waals surface area (Å²) in [6.07, 6.45) is 0. The van der Waals surface area contributed by atoms with Gasteiger partial charge in [0.1, 0.15) is 11.5 Å². The third-order valence-corrected chi connectivity index (χ3v) is 18.3. The first-order chi connectivity index (χ1) is 46.1. The summed E-state index contributed by atoms with van der Waals surface area (Å²) in [4.78, 5) is 2.36. The van der Waals surface area contributed by atoms with Crippen molar-refractivity contribution in [3.05, 3.63) is 331 Å². The van der Waals surface area contributed by atoms with Crippen LogP contribution in [0.5, 0.6) is 11.5 Å². The molecule has 3 aliphatic rings. The molecule has 0 fully saturated rings. The van der Waals surface area contributed by atoms with Gasteiger partial charge in [-0.05, 0) is 124 Å². The summed E-state index contributed by atoms with van der Waals surface area (Å²) in [6, 6.07) is 86.9. The zero-order chi connectivity index (χ0) is 64.9. The van der Waals surface area contributed by atoms with Gasteiger partial charge in [-0.1, -0.05) is 288 Å². The third kappa shape index (κ3) is 7.77. The molecular weight excluding hydrogens is 1050 g/mol. The molecule has 3 heterocycles. The average molecular weight is 1120 g/mol. The maximum absolute atomic E-state index is 9.77. The lowest BCUT2D eigenvalue weighted by molar-refractivity contribution is 0.487. The zero-order valence-electron chi connectivity index (χ0n) is 56.1. The average Bonchev–Trinajstić information content (AvgIpc) is 1.67. The Morgan fingerprint density at radius 3 is 1.60 bits per heavy atom. The van der Waals surface area contributed by atoms with E-state index in [2.05, 4.69) is 256 Å². The van der Waals surface area contributed by atoms with Crippen molar-refractivity contribution in [2.45, 2.75) is 31.6 Å². The van der Waals surface area contributed by atoms with Gasteiger partial charge >= 0.3 is 0 Å². The van der Waals surface area contributed by atoms with Crippen molar-refractivity contribution in [2.24, 2.45) is 0 Å². The minimum Gasteiger partial charge on any atom is -0.458 e. The van der Waals surface area contributed by atoms with Crippen LogP contribution in [0, 0.1) is 0 Å². The smallest absolute Gasteiger partial charge is 0.256 e. The Morgan fingerprint density at radius 1 is 0.414 bits per heavy atom. The second-order valence-corrected chi connectivity index (χ2v) is 24.1.